The molecule has 0 unspecified atom stereocenters. The molecule has 50 valence electrons. The molecule has 0 aromatic heterocycles. The van der Waals surface area contributed by atoms with E-state index < -0.39 is 0 Å². The van der Waals surface area contributed by atoms with E-state index >= 15 is 0 Å². The van der Waals surface area contributed by atoms with Crippen LogP contribution >= 0.6 is 11.6 Å². The molecule has 0 aliphatic heterocycles. The van der Waals surface area contributed by atoms with Crippen LogP contribution in [-0.2, 0) is 0 Å². The van der Waals surface area contributed by atoms with Crippen LogP contribution in [0.2, 0.25) is 0 Å². The van der Waals surface area contributed by atoms with Crippen molar-refractivity contribution in [1.29, 1.82) is 0 Å². The maximum atomic E-state index is 5.66. The fourth-order valence-electron chi connectivity index (χ4n) is 0.627. The van der Waals surface area contributed by atoms with Gasteiger partial charge < -0.3 is 0 Å². The largest absolute Gasteiger partial charge is 0.101 e. The molecule has 1 heteroatoms. The van der Waals surface area contributed by atoms with Crippen LogP contribution < -0.4 is 0 Å². The van der Waals surface area contributed by atoms with Crippen molar-refractivity contribution in [1.82, 2.24) is 0 Å². The average molecular weight is 151 g/mol. The highest BCUT2D eigenvalue weighted by molar-refractivity contribution is 6.31. The Morgan fingerprint density at radius 1 is 1.50 bits per heavy atom. The topological polar surface area (TPSA) is 0 Å². The summed E-state index contributed by atoms with van der Waals surface area (Å²) in [5, 5.41) is 0.619. The lowest BCUT2D eigenvalue weighted by molar-refractivity contribution is 1.72. The Morgan fingerprint density at radius 3 is 3.00 bits per heavy atom. The van der Waals surface area contributed by atoms with Crippen LogP contribution in [-0.4, -0.2) is 0 Å². The zero-order valence-corrected chi connectivity index (χ0v) is 6.23. The van der Waals surface area contributed by atoms with Crippen LogP contribution in [0, 0.1) is 0 Å². The van der Waals surface area contributed by atoms with Crippen LogP contribution in [0.1, 0.15) is 0 Å². The lowest BCUT2D eigenvalue weighted by atomic mass is 10.2. The van der Waals surface area contributed by atoms with Crippen molar-refractivity contribution >= 4 is 11.6 Å². The molecule has 0 aromatic rings. The highest BCUT2D eigenvalue weighted by atomic mass is 35.5. The third-order valence-electron chi connectivity index (χ3n) is 1.15. The minimum absolute atomic E-state index is 0.619. The van der Waals surface area contributed by atoms with Crippen LogP contribution in [0.5, 0.6) is 0 Å². The standard InChI is InChI=1S/C9H7Cl/c1-2-8-4-3-5-9(10)7-6-8/h2-4,6-7H,1H2. The highest BCUT2D eigenvalue weighted by Gasteiger charge is 1.87. The van der Waals surface area contributed by atoms with Crippen LogP contribution in [0.15, 0.2) is 53.3 Å². The van der Waals surface area contributed by atoms with Crippen molar-refractivity contribution in [2.75, 3.05) is 0 Å². The van der Waals surface area contributed by atoms with Crippen LogP contribution in [0.4, 0.5) is 0 Å². The van der Waals surface area contributed by atoms with E-state index in [0.717, 1.165) is 5.57 Å². The summed E-state index contributed by atoms with van der Waals surface area (Å²) in [6.07, 6.45) is 9.13. The first-order chi connectivity index (χ1) is 4.83. The highest BCUT2D eigenvalue weighted by Crippen LogP contribution is 2.08. The van der Waals surface area contributed by atoms with E-state index in [0.29, 0.717) is 5.03 Å². The van der Waals surface area contributed by atoms with Crippen LogP contribution in [0.25, 0.3) is 0 Å². The Morgan fingerprint density at radius 2 is 2.30 bits per heavy atom. The molecule has 10 heavy (non-hydrogen) atoms. The number of rotatable bonds is 1. The summed E-state index contributed by atoms with van der Waals surface area (Å²) >= 11 is 5.66. The van der Waals surface area contributed by atoms with E-state index in [1.165, 1.54) is 0 Å². The molecule has 0 atom stereocenters. The Labute approximate surface area is 65.5 Å². The first-order valence-electron chi connectivity index (χ1n) is 2.96. The molecule has 0 nitrogen and oxygen atoms in total. The van der Waals surface area contributed by atoms with Gasteiger partial charge in [-0.15, -0.1) is 5.73 Å². The summed E-state index contributed by atoms with van der Waals surface area (Å²) in [4.78, 5) is 0. The molecule has 1 aliphatic carbocycles. The second-order valence-corrected chi connectivity index (χ2v) is 2.27. The lowest BCUT2D eigenvalue weighted by Gasteiger charge is -1.85. The molecule has 0 N–H and O–H groups in total. The molecule has 0 spiro atoms. The van der Waals surface area contributed by atoms with Gasteiger partial charge in [0.2, 0.25) is 0 Å². The van der Waals surface area contributed by atoms with Gasteiger partial charge in [0.25, 0.3) is 0 Å². The zero-order valence-electron chi connectivity index (χ0n) is 5.47. The lowest BCUT2D eigenvalue weighted by Crippen LogP contribution is -1.65. The van der Waals surface area contributed by atoms with Gasteiger partial charge in [-0.25, -0.2) is 0 Å². The molecule has 0 fully saturated rings. The van der Waals surface area contributed by atoms with E-state index in [4.69, 9.17) is 11.6 Å². The quantitative estimate of drug-likeness (QED) is 0.505. The molecule has 1 aliphatic rings. The van der Waals surface area contributed by atoms with Gasteiger partial charge in [0.05, 0.1) is 5.03 Å². The summed E-state index contributed by atoms with van der Waals surface area (Å²) in [6.45, 7) is 3.63. The van der Waals surface area contributed by atoms with Gasteiger partial charge in [-0.1, -0.05) is 30.3 Å². The molecule has 0 aromatic carbocycles. The predicted molar refractivity (Wildman–Crippen MR) is 44.9 cm³/mol. The summed E-state index contributed by atoms with van der Waals surface area (Å²) in [5.74, 6) is 0. The van der Waals surface area contributed by atoms with Crippen molar-refractivity contribution in [2.45, 2.75) is 0 Å². The first kappa shape index (κ1) is 7.14. The van der Waals surface area contributed by atoms with E-state index in [1.54, 1.807) is 18.2 Å². The van der Waals surface area contributed by atoms with Gasteiger partial charge in [0, 0.05) is 0 Å². The van der Waals surface area contributed by atoms with Crippen molar-refractivity contribution in [3.8, 4) is 0 Å². The second kappa shape index (κ2) is 3.26. The molecule has 0 radical (unpaired) electrons. The van der Waals surface area contributed by atoms with Gasteiger partial charge in [0.15, 0.2) is 0 Å². The minimum Gasteiger partial charge on any atom is -0.101 e. The van der Waals surface area contributed by atoms with Crippen molar-refractivity contribution in [3.05, 3.63) is 53.3 Å². The number of hydrogen-bond acceptors (Lipinski definition) is 0. The third-order valence-corrected chi connectivity index (χ3v) is 1.39. The molecular formula is C9H7Cl. The predicted octanol–water partition coefficient (Wildman–Crippen LogP) is 2.95. The maximum Gasteiger partial charge on any atom is 0.0824 e. The molecule has 0 saturated heterocycles. The summed E-state index contributed by atoms with van der Waals surface area (Å²) in [7, 11) is 0. The Kier molecular flexibility index (Phi) is 2.33. The first-order valence-corrected chi connectivity index (χ1v) is 3.34. The van der Waals surface area contributed by atoms with Gasteiger partial charge in [-0.3, -0.25) is 0 Å². The summed E-state index contributed by atoms with van der Waals surface area (Å²) in [6, 6.07) is 0. The van der Waals surface area contributed by atoms with E-state index in [9.17, 15) is 0 Å². The summed E-state index contributed by atoms with van der Waals surface area (Å²) < 4.78 is 0. The molecule has 0 amide bonds. The fourth-order valence-corrected chi connectivity index (χ4v) is 0.753. The van der Waals surface area contributed by atoms with E-state index in [-0.39, 0.29) is 0 Å². The number of hydrogen-bond donors (Lipinski definition) is 0. The normalized spacial score (nSPS) is 15.7. The SMILES string of the molecule is C=CC1=CC=C=C(Cl)C=C1. The average Bonchev–Trinajstić information content (AvgIpc) is 2.14. The van der Waals surface area contributed by atoms with Gasteiger partial charge in [-0.2, -0.15) is 0 Å². The Bertz CT molecular complexity index is 260. The summed E-state index contributed by atoms with van der Waals surface area (Å²) in [5.41, 5.74) is 3.90. The Balaban J connectivity index is 2.95. The third kappa shape index (κ3) is 1.77. The molecule has 0 saturated carbocycles. The maximum absolute atomic E-state index is 5.66. The number of halogens is 1. The second-order valence-electron chi connectivity index (χ2n) is 1.86. The Hall–Kier alpha value is -0.970. The number of allylic oxidation sites excluding steroid dienone is 6. The van der Waals surface area contributed by atoms with Gasteiger partial charge in [0.1, 0.15) is 0 Å². The monoisotopic (exact) mass is 150 g/mol. The fraction of sp³-hybridized carbons (Fsp3) is 0. The van der Waals surface area contributed by atoms with Crippen molar-refractivity contribution in [2.24, 2.45) is 0 Å². The minimum atomic E-state index is 0.619. The van der Waals surface area contributed by atoms with Crippen molar-refractivity contribution < 1.29 is 0 Å². The van der Waals surface area contributed by atoms with Crippen LogP contribution in [0.3, 0.4) is 0 Å². The smallest absolute Gasteiger partial charge is 0.0824 e. The molecular weight excluding hydrogens is 144 g/mol. The zero-order chi connectivity index (χ0) is 7.40. The molecule has 0 bridgehead atoms. The van der Waals surface area contributed by atoms with E-state index in [2.05, 4.69) is 12.3 Å². The molecule has 0 heterocycles. The van der Waals surface area contributed by atoms with Gasteiger partial charge >= 0.3 is 0 Å². The van der Waals surface area contributed by atoms with Crippen molar-refractivity contribution in [3.63, 3.8) is 0 Å². The van der Waals surface area contributed by atoms with E-state index in [1.807, 2.05) is 12.2 Å². The molecule has 1 rings (SSSR count). The van der Waals surface area contributed by atoms with Gasteiger partial charge in [-0.05, 0) is 23.8 Å².